The summed E-state index contributed by atoms with van der Waals surface area (Å²) in [6.07, 6.45) is 3.96. The van der Waals surface area contributed by atoms with E-state index < -0.39 is 0 Å². The van der Waals surface area contributed by atoms with Gasteiger partial charge in [-0.05, 0) is 19.3 Å². The summed E-state index contributed by atoms with van der Waals surface area (Å²) in [5, 5.41) is 3.48. The first-order valence-corrected chi connectivity index (χ1v) is 3.30. The molecular weight excluding hydrogens is 98.1 g/mol. The van der Waals surface area contributed by atoms with Crippen LogP contribution in [0.25, 0.3) is 0 Å². The first kappa shape index (κ1) is 4.57. The predicted molar refractivity (Wildman–Crippen MR) is 33.7 cm³/mol. The summed E-state index contributed by atoms with van der Waals surface area (Å²) in [6.45, 7) is 3.97. The Morgan fingerprint density at radius 2 is 2.38 bits per heavy atom. The monoisotopic (exact) mass is 109 g/mol. The SMILES string of the molecule is C=C1CC2CCC1N2. The smallest absolute Gasteiger partial charge is 0.0280 e. The van der Waals surface area contributed by atoms with Gasteiger partial charge in [0.2, 0.25) is 0 Å². The Balaban J connectivity index is 2.22. The Bertz CT molecular complexity index is 128. The van der Waals surface area contributed by atoms with E-state index in [9.17, 15) is 0 Å². The minimum absolute atomic E-state index is 0.694. The molecule has 1 nitrogen and oxygen atoms in total. The number of rotatable bonds is 0. The van der Waals surface area contributed by atoms with Crippen LogP contribution < -0.4 is 5.32 Å². The Morgan fingerprint density at radius 1 is 1.50 bits per heavy atom. The van der Waals surface area contributed by atoms with Gasteiger partial charge < -0.3 is 5.32 Å². The summed E-state index contributed by atoms with van der Waals surface area (Å²) in [4.78, 5) is 0. The fourth-order valence-electron chi connectivity index (χ4n) is 1.76. The van der Waals surface area contributed by atoms with E-state index >= 15 is 0 Å². The lowest BCUT2D eigenvalue weighted by atomic mass is 9.97. The molecule has 0 aromatic rings. The lowest BCUT2D eigenvalue weighted by Crippen LogP contribution is -2.18. The number of hydrogen-bond donors (Lipinski definition) is 1. The van der Waals surface area contributed by atoms with Crippen LogP contribution in [0.15, 0.2) is 12.2 Å². The molecule has 2 rings (SSSR count). The van der Waals surface area contributed by atoms with Gasteiger partial charge in [0.1, 0.15) is 0 Å². The molecule has 44 valence electrons. The summed E-state index contributed by atoms with van der Waals surface area (Å²) < 4.78 is 0. The van der Waals surface area contributed by atoms with Crippen LogP contribution in [0.4, 0.5) is 0 Å². The van der Waals surface area contributed by atoms with E-state index in [0.717, 1.165) is 6.04 Å². The van der Waals surface area contributed by atoms with E-state index in [1.165, 1.54) is 24.8 Å². The van der Waals surface area contributed by atoms with Crippen molar-refractivity contribution in [2.75, 3.05) is 0 Å². The van der Waals surface area contributed by atoms with E-state index in [1.807, 2.05) is 0 Å². The van der Waals surface area contributed by atoms with Crippen molar-refractivity contribution in [2.45, 2.75) is 31.3 Å². The van der Waals surface area contributed by atoms with Gasteiger partial charge in [-0.15, -0.1) is 0 Å². The van der Waals surface area contributed by atoms with Crippen LogP contribution in [0, 0.1) is 0 Å². The summed E-state index contributed by atoms with van der Waals surface area (Å²) >= 11 is 0. The van der Waals surface area contributed by atoms with Crippen molar-refractivity contribution in [2.24, 2.45) is 0 Å². The Morgan fingerprint density at radius 3 is 2.62 bits per heavy atom. The quantitative estimate of drug-likeness (QED) is 0.459. The molecule has 0 aromatic heterocycles. The molecule has 0 radical (unpaired) electrons. The van der Waals surface area contributed by atoms with Gasteiger partial charge in [0.25, 0.3) is 0 Å². The van der Waals surface area contributed by atoms with Crippen LogP contribution >= 0.6 is 0 Å². The van der Waals surface area contributed by atoms with Gasteiger partial charge >= 0.3 is 0 Å². The number of fused-ring (bicyclic) bond motifs is 2. The van der Waals surface area contributed by atoms with Gasteiger partial charge in [-0.2, -0.15) is 0 Å². The molecule has 0 amide bonds. The molecular formula is C7H11N. The molecule has 2 heterocycles. The molecule has 1 heteroatoms. The molecule has 2 atom stereocenters. The van der Waals surface area contributed by atoms with E-state index in [1.54, 1.807) is 0 Å². The maximum atomic E-state index is 3.97. The normalized spacial score (nSPS) is 43.8. The van der Waals surface area contributed by atoms with Crippen LogP contribution in [0.5, 0.6) is 0 Å². The summed E-state index contributed by atoms with van der Waals surface area (Å²) in [6, 6.07) is 1.49. The predicted octanol–water partition coefficient (Wildman–Crippen LogP) is 1.07. The second-order valence-electron chi connectivity index (χ2n) is 2.86. The van der Waals surface area contributed by atoms with Gasteiger partial charge in [-0.3, -0.25) is 0 Å². The highest BCUT2D eigenvalue weighted by atomic mass is 15.0. The zero-order chi connectivity index (χ0) is 5.56. The largest absolute Gasteiger partial charge is 0.307 e. The van der Waals surface area contributed by atoms with E-state index in [4.69, 9.17) is 0 Å². The molecule has 8 heavy (non-hydrogen) atoms. The molecule has 0 saturated carbocycles. The molecule has 2 aliphatic heterocycles. The zero-order valence-electron chi connectivity index (χ0n) is 4.98. The van der Waals surface area contributed by atoms with Crippen LogP contribution in [0.1, 0.15) is 19.3 Å². The molecule has 0 aromatic carbocycles. The molecule has 0 spiro atoms. The second kappa shape index (κ2) is 1.35. The Labute approximate surface area is 49.8 Å². The highest BCUT2D eigenvalue weighted by Gasteiger charge is 2.32. The second-order valence-corrected chi connectivity index (χ2v) is 2.86. The minimum Gasteiger partial charge on any atom is -0.307 e. The Hall–Kier alpha value is -0.300. The van der Waals surface area contributed by atoms with Crippen molar-refractivity contribution in [1.29, 1.82) is 0 Å². The first-order chi connectivity index (χ1) is 3.86. The molecule has 2 aliphatic rings. The van der Waals surface area contributed by atoms with Crippen LogP contribution in [-0.2, 0) is 0 Å². The van der Waals surface area contributed by atoms with Crippen LogP contribution in [0.3, 0.4) is 0 Å². The lowest BCUT2D eigenvalue weighted by molar-refractivity contribution is 0.646. The van der Waals surface area contributed by atoms with E-state index in [0.29, 0.717) is 6.04 Å². The van der Waals surface area contributed by atoms with Crippen molar-refractivity contribution in [1.82, 2.24) is 5.32 Å². The Kier molecular flexibility index (Phi) is 0.770. The van der Waals surface area contributed by atoms with Crippen molar-refractivity contribution in [3.8, 4) is 0 Å². The summed E-state index contributed by atoms with van der Waals surface area (Å²) in [5.41, 5.74) is 1.43. The topological polar surface area (TPSA) is 12.0 Å². The van der Waals surface area contributed by atoms with Crippen molar-refractivity contribution in [3.05, 3.63) is 12.2 Å². The third kappa shape index (κ3) is 0.451. The molecule has 2 unspecified atom stereocenters. The fourth-order valence-corrected chi connectivity index (χ4v) is 1.76. The van der Waals surface area contributed by atoms with Gasteiger partial charge in [0, 0.05) is 12.1 Å². The average Bonchev–Trinajstić information content (AvgIpc) is 2.23. The highest BCUT2D eigenvalue weighted by molar-refractivity contribution is 5.18. The molecule has 1 N–H and O–H groups in total. The summed E-state index contributed by atoms with van der Waals surface area (Å²) in [7, 11) is 0. The summed E-state index contributed by atoms with van der Waals surface area (Å²) in [5.74, 6) is 0. The van der Waals surface area contributed by atoms with Gasteiger partial charge in [0.05, 0.1) is 0 Å². The van der Waals surface area contributed by atoms with Gasteiger partial charge in [-0.25, -0.2) is 0 Å². The minimum atomic E-state index is 0.694. The lowest BCUT2D eigenvalue weighted by Gasteiger charge is -2.07. The van der Waals surface area contributed by atoms with Crippen molar-refractivity contribution in [3.63, 3.8) is 0 Å². The van der Waals surface area contributed by atoms with E-state index in [-0.39, 0.29) is 0 Å². The highest BCUT2D eigenvalue weighted by Crippen LogP contribution is 2.30. The molecule has 2 bridgehead atoms. The van der Waals surface area contributed by atoms with Crippen molar-refractivity contribution >= 4 is 0 Å². The average molecular weight is 109 g/mol. The number of hydrogen-bond acceptors (Lipinski definition) is 1. The maximum Gasteiger partial charge on any atom is 0.0280 e. The zero-order valence-corrected chi connectivity index (χ0v) is 4.98. The van der Waals surface area contributed by atoms with Crippen LogP contribution in [-0.4, -0.2) is 12.1 Å². The van der Waals surface area contributed by atoms with Gasteiger partial charge in [0.15, 0.2) is 0 Å². The molecule has 2 saturated heterocycles. The maximum absolute atomic E-state index is 3.97. The number of nitrogens with one attached hydrogen (secondary N) is 1. The third-order valence-electron chi connectivity index (χ3n) is 2.24. The standard InChI is InChI=1S/C7H11N/c1-5-4-6-2-3-7(5)8-6/h6-8H,1-4H2. The fraction of sp³-hybridized carbons (Fsp3) is 0.714. The third-order valence-corrected chi connectivity index (χ3v) is 2.24. The molecule has 2 fully saturated rings. The van der Waals surface area contributed by atoms with Crippen LogP contribution in [0.2, 0.25) is 0 Å². The van der Waals surface area contributed by atoms with Gasteiger partial charge in [-0.1, -0.05) is 12.2 Å². The van der Waals surface area contributed by atoms with E-state index in [2.05, 4.69) is 11.9 Å². The first-order valence-electron chi connectivity index (χ1n) is 3.30. The molecule has 0 aliphatic carbocycles. The van der Waals surface area contributed by atoms with Crippen molar-refractivity contribution < 1.29 is 0 Å².